The first-order chi connectivity index (χ1) is 17.0. The molecule has 0 bridgehead atoms. The van der Waals surface area contributed by atoms with Crippen LogP contribution >= 0.6 is 0 Å². The van der Waals surface area contributed by atoms with Crippen molar-refractivity contribution >= 4 is 11.5 Å². The lowest BCUT2D eigenvalue weighted by atomic mass is 9.73. The molecule has 0 spiro atoms. The normalized spacial score (nSPS) is 26.9. The number of aromatic nitrogens is 2. The van der Waals surface area contributed by atoms with Crippen LogP contribution in [0.25, 0.3) is 5.57 Å². The minimum Gasteiger partial charge on any atom is -0.508 e. The van der Waals surface area contributed by atoms with Crippen molar-refractivity contribution in [1.82, 2.24) is 31.0 Å². The summed E-state index contributed by atoms with van der Waals surface area (Å²) in [4.78, 5) is 21.9. The number of phenols is 1. The van der Waals surface area contributed by atoms with E-state index in [-0.39, 0.29) is 11.9 Å². The molecule has 0 radical (unpaired) electrons. The zero-order valence-electron chi connectivity index (χ0n) is 20.8. The number of aromatic hydroxyl groups is 1. The maximum atomic E-state index is 11.2. The molecule has 8 nitrogen and oxygen atoms in total. The van der Waals surface area contributed by atoms with Crippen molar-refractivity contribution in [3.63, 3.8) is 0 Å². The fourth-order valence-electron chi connectivity index (χ4n) is 6.15. The van der Waals surface area contributed by atoms with Crippen LogP contribution in [0.4, 0.5) is 0 Å². The smallest absolute Gasteiger partial charge is 0.216 e. The number of hydrogen-bond donors (Lipinski definition) is 5. The van der Waals surface area contributed by atoms with Gasteiger partial charge in [0.15, 0.2) is 0 Å². The van der Waals surface area contributed by atoms with Gasteiger partial charge in [-0.25, -0.2) is 10.4 Å². The molecule has 1 aromatic heterocycles. The molecule has 1 amide bonds. The van der Waals surface area contributed by atoms with Gasteiger partial charge in [-0.3, -0.25) is 15.1 Å². The molecule has 1 saturated carbocycles. The third-order valence-corrected chi connectivity index (χ3v) is 7.97. The van der Waals surface area contributed by atoms with E-state index in [1.54, 1.807) is 6.92 Å². The zero-order valence-corrected chi connectivity index (χ0v) is 20.8. The Labute approximate surface area is 207 Å². The van der Waals surface area contributed by atoms with Crippen LogP contribution in [0, 0.1) is 5.92 Å². The first-order valence-corrected chi connectivity index (χ1v) is 13.1. The number of aromatic amines is 1. The van der Waals surface area contributed by atoms with E-state index < -0.39 is 0 Å². The van der Waals surface area contributed by atoms with Crippen molar-refractivity contribution < 1.29 is 9.90 Å². The molecule has 3 aliphatic rings. The second kappa shape index (κ2) is 10.5. The largest absolute Gasteiger partial charge is 0.508 e. The number of aryl methyl sites for hydroxylation is 1. The van der Waals surface area contributed by atoms with Crippen LogP contribution in [0.5, 0.6) is 5.75 Å². The predicted octanol–water partition coefficient (Wildman–Crippen LogP) is 3.00. The molecular weight excluding hydrogens is 440 g/mol. The third-order valence-electron chi connectivity index (χ3n) is 7.97. The Morgan fingerprint density at radius 1 is 1.29 bits per heavy atom. The van der Waals surface area contributed by atoms with Crippen molar-refractivity contribution in [1.29, 1.82) is 0 Å². The van der Waals surface area contributed by atoms with Gasteiger partial charge in [-0.05, 0) is 72.8 Å². The van der Waals surface area contributed by atoms with E-state index in [0.717, 1.165) is 63.3 Å². The number of H-pyrrole nitrogens is 1. The monoisotopic (exact) mass is 478 g/mol. The first-order valence-electron chi connectivity index (χ1n) is 13.1. The lowest BCUT2D eigenvalue weighted by Gasteiger charge is -2.33. The number of carbonyl (C=O) groups excluding carboxylic acids is 1. The highest BCUT2D eigenvalue weighted by Crippen LogP contribution is 2.44. The summed E-state index contributed by atoms with van der Waals surface area (Å²) in [7, 11) is 0. The van der Waals surface area contributed by atoms with Gasteiger partial charge in [0.2, 0.25) is 5.91 Å². The van der Waals surface area contributed by atoms with Crippen LogP contribution in [-0.4, -0.2) is 58.1 Å². The van der Waals surface area contributed by atoms with Crippen LogP contribution in [0.2, 0.25) is 0 Å². The number of phenolic OH excluding ortho intramolecular Hbond substituents is 1. The van der Waals surface area contributed by atoms with Crippen LogP contribution in [0.15, 0.2) is 30.5 Å². The number of hydrogen-bond acceptors (Lipinski definition) is 6. The molecule has 2 aromatic rings. The van der Waals surface area contributed by atoms with Gasteiger partial charge in [0.1, 0.15) is 11.6 Å². The Morgan fingerprint density at radius 3 is 3.00 bits per heavy atom. The highest BCUT2D eigenvalue weighted by atomic mass is 16.3. The Hall–Kier alpha value is -2.68. The second-order valence-electron chi connectivity index (χ2n) is 10.2. The van der Waals surface area contributed by atoms with Gasteiger partial charge in [-0.2, -0.15) is 0 Å². The number of amides is 1. The standard InChI is InChI=1S/C27H38N6O2/c1-3-18-13-21(35)7-9-22(18)19-6-8-23-24(14-19)31-32-26(23)27-29-15-25(30-27)20-5-4-11-33(16-20)12-10-28-17(2)34/h5,7,9,13,15,19,23-24,26,31-32,35H,3-4,6,8,10-12,14,16H2,1-2H3,(H,28,34)(H,29,30). The number of hydrazine groups is 1. The van der Waals surface area contributed by atoms with E-state index in [0.29, 0.717) is 30.2 Å². The SMILES string of the molecule is CCc1cc(O)ccc1C1CCC2C(C1)NNC2c1ncc(C2=CCCN(CCNC(C)=O)C2)[nH]1. The number of imidazole rings is 1. The van der Waals surface area contributed by atoms with E-state index in [9.17, 15) is 9.90 Å². The van der Waals surface area contributed by atoms with E-state index in [1.807, 2.05) is 18.3 Å². The van der Waals surface area contributed by atoms with Crippen molar-refractivity contribution in [2.24, 2.45) is 5.92 Å². The summed E-state index contributed by atoms with van der Waals surface area (Å²) in [5, 5.41) is 12.8. The highest BCUT2D eigenvalue weighted by Gasteiger charge is 2.42. The molecular formula is C27H38N6O2. The summed E-state index contributed by atoms with van der Waals surface area (Å²) in [6.45, 7) is 7.15. The average molecular weight is 479 g/mol. The summed E-state index contributed by atoms with van der Waals surface area (Å²) >= 11 is 0. The lowest BCUT2D eigenvalue weighted by Crippen LogP contribution is -2.37. The van der Waals surface area contributed by atoms with Gasteiger partial charge in [-0.1, -0.05) is 19.1 Å². The molecule has 1 aliphatic carbocycles. The van der Waals surface area contributed by atoms with Crippen molar-refractivity contribution in [3.8, 4) is 5.75 Å². The van der Waals surface area contributed by atoms with E-state index in [4.69, 9.17) is 4.98 Å². The fourth-order valence-corrected chi connectivity index (χ4v) is 6.15. The predicted molar refractivity (Wildman–Crippen MR) is 137 cm³/mol. The summed E-state index contributed by atoms with van der Waals surface area (Å²) in [6.07, 6.45) is 9.62. The number of rotatable bonds is 7. The molecule has 2 fully saturated rings. The quantitative estimate of drug-likeness (QED) is 0.419. The molecule has 2 aliphatic heterocycles. The number of carbonyl (C=O) groups is 1. The first kappa shape index (κ1) is 24.0. The Balaban J connectivity index is 1.21. The zero-order chi connectivity index (χ0) is 24.4. The second-order valence-corrected chi connectivity index (χ2v) is 10.2. The van der Waals surface area contributed by atoms with Crippen molar-refractivity contribution in [2.45, 2.75) is 64.0 Å². The highest BCUT2D eigenvalue weighted by molar-refractivity contribution is 5.72. The number of nitrogens with zero attached hydrogens (tertiary/aromatic N) is 2. The molecule has 8 heteroatoms. The van der Waals surface area contributed by atoms with Gasteiger partial charge in [0.25, 0.3) is 0 Å². The van der Waals surface area contributed by atoms with E-state index >= 15 is 0 Å². The van der Waals surface area contributed by atoms with Gasteiger partial charge in [0, 0.05) is 39.1 Å². The van der Waals surface area contributed by atoms with Crippen LogP contribution in [0.1, 0.15) is 74.1 Å². The number of nitrogens with one attached hydrogen (secondary N) is 4. The van der Waals surface area contributed by atoms with Gasteiger partial charge >= 0.3 is 0 Å². The van der Waals surface area contributed by atoms with Crippen LogP contribution in [0.3, 0.4) is 0 Å². The van der Waals surface area contributed by atoms with Crippen molar-refractivity contribution in [3.05, 3.63) is 53.1 Å². The summed E-state index contributed by atoms with van der Waals surface area (Å²) in [5.74, 6) is 2.41. The van der Waals surface area contributed by atoms with Gasteiger partial charge in [0.05, 0.1) is 17.9 Å². The fraction of sp³-hybridized carbons (Fsp3) is 0.556. The Bertz CT molecular complexity index is 1080. The van der Waals surface area contributed by atoms with Gasteiger partial charge < -0.3 is 15.4 Å². The molecule has 5 N–H and O–H groups in total. The summed E-state index contributed by atoms with van der Waals surface area (Å²) in [5.41, 5.74) is 12.1. The molecule has 35 heavy (non-hydrogen) atoms. The minimum absolute atomic E-state index is 0.0230. The summed E-state index contributed by atoms with van der Waals surface area (Å²) < 4.78 is 0. The molecule has 4 unspecified atom stereocenters. The number of benzene rings is 1. The van der Waals surface area contributed by atoms with Gasteiger partial charge in [-0.15, -0.1) is 0 Å². The lowest BCUT2D eigenvalue weighted by molar-refractivity contribution is -0.119. The maximum absolute atomic E-state index is 11.2. The summed E-state index contributed by atoms with van der Waals surface area (Å²) in [6, 6.07) is 6.46. The van der Waals surface area contributed by atoms with E-state index in [2.05, 4.69) is 45.1 Å². The average Bonchev–Trinajstić information content (AvgIpc) is 3.51. The molecule has 5 rings (SSSR count). The Morgan fingerprint density at radius 2 is 2.17 bits per heavy atom. The maximum Gasteiger partial charge on any atom is 0.216 e. The number of fused-ring (bicyclic) bond motifs is 1. The van der Waals surface area contributed by atoms with Crippen molar-refractivity contribution in [2.75, 3.05) is 26.2 Å². The minimum atomic E-state index is 0.0230. The van der Waals surface area contributed by atoms with E-state index in [1.165, 1.54) is 16.7 Å². The molecule has 3 heterocycles. The van der Waals surface area contributed by atoms with Crippen LogP contribution in [-0.2, 0) is 11.2 Å². The topological polar surface area (TPSA) is 105 Å². The third kappa shape index (κ3) is 5.29. The molecule has 188 valence electrons. The Kier molecular flexibility index (Phi) is 7.22. The molecule has 4 atom stereocenters. The molecule has 1 saturated heterocycles. The molecule has 1 aromatic carbocycles. The van der Waals surface area contributed by atoms with Crippen LogP contribution < -0.4 is 16.2 Å².